The van der Waals surface area contributed by atoms with Crippen LogP contribution in [0.25, 0.3) is 0 Å². The first-order valence-electron chi connectivity index (χ1n) is 9.79. The van der Waals surface area contributed by atoms with Gasteiger partial charge in [-0.25, -0.2) is 15.0 Å². The molecule has 1 fully saturated rings. The fourth-order valence-electron chi connectivity index (χ4n) is 3.97. The molecule has 1 aliphatic rings. The summed E-state index contributed by atoms with van der Waals surface area (Å²) >= 11 is 0. The van der Waals surface area contributed by atoms with E-state index in [1.165, 1.54) is 11.1 Å². The third-order valence-electron chi connectivity index (χ3n) is 5.19. The first-order chi connectivity index (χ1) is 13.3. The van der Waals surface area contributed by atoms with E-state index in [2.05, 4.69) is 43.6 Å². The molecule has 0 amide bonds. The van der Waals surface area contributed by atoms with E-state index in [1.54, 1.807) is 6.33 Å². The third kappa shape index (κ3) is 3.99. The zero-order valence-electron chi connectivity index (χ0n) is 15.8. The minimum absolute atomic E-state index is 0.412. The van der Waals surface area contributed by atoms with E-state index in [1.807, 2.05) is 30.9 Å². The Morgan fingerprint density at radius 1 is 1.15 bits per heavy atom. The van der Waals surface area contributed by atoms with E-state index in [-0.39, 0.29) is 0 Å². The van der Waals surface area contributed by atoms with Gasteiger partial charge in [0.1, 0.15) is 18.0 Å². The summed E-state index contributed by atoms with van der Waals surface area (Å²) in [6.07, 6.45) is 15.8. The summed E-state index contributed by atoms with van der Waals surface area (Å²) in [6.45, 7) is 5.02. The van der Waals surface area contributed by atoms with E-state index in [0.717, 1.165) is 57.0 Å². The normalized spacial score (nSPS) is 17.2. The van der Waals surface area contributed by atoms with Crippen LogP contribution < -0.4 is 4.90 Å². The lowest BCUT2D eigenvalue weighted by Crippen LogP contribution is -2.36. The lowest BCUT2D eigenvalue weighted by molar-refractivity contribution is 0.473. The highest BCUT2D eigenvalue weighted by molar-refractivity contribution is 5.46. The Hall–Kier alpha value is -2.76. The third-order valence-corrected chi connectivity index (χ3v) is 5.19. The number of nitrogens with zero attached hydrogens (tertiary/aromatic N) is 6. The Morgan fingerprint density at radius 3 is 2.96 bits per heavy atom. The maximum atomic E-state index is 4.71. The maximum absolute atomic E-state index is 4.71. The summed E-state index contributed by atoms with van der Waals surface area (Å²) in [5.74, 6) is 2.67. The standard InChI is InChI=1S/C21H26N6/c1-2-5-18-13-23-16-25-20(18)26-10-4-7-19(15-26)21-24-9-11-27(21)14-17-6-3-8-22-12-17/h3,6,8-9,11-13,16,19H,2,4-5,7,10,14-15H2,1H3/t19-/m1/s1. The van der Waals surface area contributed by atoms with Crippen molar-refractivity contribution >= 4 is 5.82 Å². The number of aromatic nitrogens is 5. The molecule has 1 aliphatic heterocycles. The molecule has 6 heteroatoms. The molecule has 0 N–H and O–H groups in total. The Kier molecular flexibility index (Phi) is 5.42. The van der Waals surface area contributed by atoms with Crippen molar-refractivity contribution in [1.82, 2.24) is 24.5 Å². The number of imidazole rings is 1. The summed E-state index contributed by atoms with van der Waals surface area (Å²) in [5.41, 5.74) is 2.45. The van der Waals surface area contributed by atoms with Crippen molar-refractivity contribution in [2.75, 3.05) is 18.0 Å². The van der Waals surface area contributed by atoms with Crippen molar-refractivity contribution in [3.63, 3.8) is 0 Å². The smallest absolute Gasteiger partial charge is 0.135 e. The van der Waals surface area contributed by atoms with Gasteiger partial charge in [0.25, 0.3) is 0 Å². The Bertz CT molecular complexity index is 860. The lowest BCUT2D eigenvalue weighted by atomic mass is 9.96. The van der Waals surface area contributed by atoms with Crippen LogP contribution in [0, 0.1) is 0 Å². The van der Waals surface area contributed by atoms with Gasteiger partial charge in [0.05, 0.1) is 6.54 Å². The van der Waals surface area contributed by atoms with Gasteiger partial charge in [-0.3, -0.25) is 4.98 Å². The quantitative estimate of drug-likeness (QED) is 0.672. The summed E-state index contributed by atoms with van der Waals surface area (Å²) in [5, 5.41) is 0. The van der Waals surface area contributed by atoms with Gasteiger partial charge in [-0.15, -0.1) is 0 Å². The van der Waals surface area contributed by atoms with Crippen molar-refractivity contribution in [3.8, 4) is 0 Å². The highest BCUT2D eigenvalue weighted by Gasteiger charge is 2.26. The summed E-state index contributed by atoms with van der Waals surface area (Å²) < 4.78 is 2.26. The fourth-order valence-corrected chi connectivity index (χ4v) is 3.97. The molecule has 0 saturated carbocycles. The van der Waals surface area contributed by atoms with Crippen LogP contribution in [0.4, 0.5) is 5.82 Å². The van der Waals surface area contributed by atoms with Crippen molar-refractivity contribution in [3.05, 3.63) is 66.4 Å². The molecule has 4 rings (SSSR count). The number of hydrogen-bond acceptors (Lipinski definition) is 5. The van der Waals surface area contributed by atoms with Gasteiger partial charge in [-0.2, -0.15) is 0 Å². The number of piperidine rings is 1. The van der Waals surface area contributed by atoms with Crippen LogP contribution in [0.2, 0.25) is 0 Å². The monoisotopic (exact) mass is 362 g/mol. The van der Waals surface area contributed by atoms with Gasteiger partial charge in [-0.1, -0.05) is 19.4 Å². The van der Waals surface area contributed by atoms with E-state index in [4.69, 9.17) is 4.98 Å². The number of hydrogen-bond donors (Lipinski definition) is 0. The van der Waals surface area contributed by atoms with Gasteiger partial charge in [0.15, 0.2) is 0 Å². The Labute approximate surface area is 160 Å². The minimum atomic E-state index is 0.412. The van der Waals surface area contributed by atoms with E-state index in [0.29, 0.717) is 5.92 Å². The molecule has 0 bridgehead atoms. The van der Waals surface area contributed by atoms with Crippen LogP contribution in [0.5, 0.6) is 0 Å². The zero-order chi connectivity index (χ0) is 18.5. The molecule has 1 atom stereocenters. The molecule has 0 aliphatic carbocycles. The molecule has 4 heterocycles. The molecule has 1 saturated heterocycles. The van der Waals surface area contributed by atoms with Gasteiger partial charge in [0.2, 0.25) is 0 Å². The average Bonchev–Trinajstić information content (AvgIpc) is 3.18. The molecule has 0 unspecified atom stereocenters. The van der Waals surface area contributed by atoms with E-state index < -0.39 is 0 Å². The Balaban J connectivity index is 1.54. The predicted octanol–water partition coefficient (Wildman–Crippen LogP) is 3.45. The number of aryl methyl sites for hydroxylation is 1. The first-order valence-corrected chi connectivity index (χ1v) is 9.79. The molecule has 3 aromatic heterocycles. The zero-order valence-corrected chi connectivity index (χ0v) is 15.8. The highest BCUT2D eigenvalue weighted by Crippen LogP contribution is 2.30. The number of rotatable bonds is 6. The molecule has 0 radical (unpaired) electrons. The SMILES string of the molecule is CCCc1cncnc1N1CCC[C@@H](c2nccn2Cc2cccnc2)C1. The van der Waals surface area contributed by atoms with E-state index >= 15 is 0 Å². The largest absolute Gasteiger partial charge is 0.356 e. The fraction of sp³-hybridized carbons (Fsp3) is 0.429. The minimum Gasteiger partial charge on any atom is -0.356 e. The number of pyridine rings is 1. The Morgan fingerprint density at radius 2 is 2.11 bits per heavy atom. The predicted molar refractivity (Wildman–Crippen MR) is 106 cm³/mol. The summed E-state index contributed by atoms with van der Waals surface area (Å²) in [4.78, 5) is 20.2. The van der Waals surface area contributed by atoms with Crippen LogP contribution in [0.1, 0.15) is 49.1 Å². The summed E-state index contributed by atoms with van der Waals surface area (Å²) in [7, 11) is 0. The maximum Gasteiger partial charge on any atom is 0.135 e. The summed E-state index contributed by atoms with van der Waals surface area (Å²) in [6, 6.07) is 4.10. The number of anilines is 1. The average molecular weight is 362 g/mol. The molecular weight excluding hydrogens is 336 g/mol. The van der Waals surface area contributed by atoms with Crippen molar-refractivity contribution in [1.29, 1.82) is 0 Å². The molecule has 6 nitrogen and oxygen atoms in total. The van der Waals surface area contributed by atoms with Crippen LogP contribution in [0.15, 0.2) is 49.4 Å². The van der Waals surface area contributed by atoms with Gasteiger partial charge >= 0.3 is 0 Å². The van der Waals surface area contributed by atoms with Crippen LogP contribution in [-0.4, -0.2) is 37.6 Å². The highest BCUT2D eigenvalue weighted by atomic mass is 15.2. The second-order valence-corrected chi connectivity index (χ2v) is 7.18. The van der Waals surface area contributed by atoms with Gasteiger partial charge < -0.3 is 9.47 Å². The molecule has 3 aromatic rings. The topological polar surface area (TPSA) is 59.7 Å². The molecule has 27 heavy (non-hydrogen) atoms. The molecule has 140 valence electrons. The van der Waals surface area contributed by atoms with Crippen molar-refractivity contribution in [2.24, 2.45) is 0 Å². The second kappa shape index (κ2) is 8.29. The molecular formula is C21H26N6. The van der Waals surface area contributed by atoms with Gasteiger partial charge in [0, 0.05) is 55.6 Å². The first kappa shape index (κ1) is 17.6. The van der Waals surface area contributed by atoms with Crippen LogP contribution in [-0.2, 0) is 13.0 Å². The van der Waals surface area contributed by atoms with Crippen LogP contribution in [0.3, 0.4) is 0 Å². The molecule has 0 aromatic carbocycles. The van der Waals surface area contributed by atoms with Crippen molar-refractivity contribution in [2.45, 2.75) is 45.1 Å². The van der Waals surface area contributed by atoms with Gasteiger partial charge in [-0.05, 0) is 30.9 Å². The van der Waals surface area contributed by atoms with Crippen molar-refractivity contribution < 1.29 is 0 Å². The van der Waals surface area contributed by atoms with E-state index in [9.17, 15) is 0 Å². The lowest BCUT2D eigenvalue weighted by Gasteiger charge is -2.34. The second-order valence-electron chi connectivity index (χ2n) is 7.18. The van der Waals surface area contributed by atoms with Crippen LogP contribution >= 0.6 is 0 Å². The molecule has 0 spiro atoms.